The average Bonchev–Trinajstić information content (AvgIpc) is 2.49. The summed E-state index contributed by atoms with van der Waals surface area (Å²) in [7, 11) is 1.60. The van der Waals surface area contributed by atoms with E-state index in [1.165, 1.54) is 3.57 Å². The number of aromatic nitrogens is 1. The Labute approximate surface area is 143 Å². The van der Waals surface area contributed by atoms with Gasteiger partial charge in [0.15, 0.2) is 5.82 Å². The monoisotopic (exact) mass is 406 g/mol. The molecule has 0 amide bonds. The topological polar surface area (TPSA) is 70.3 Å². The first-order chi connectivity index (χ1) is 10.6. The summed E-state index contributed by atoms with van der Waals surface area (Å²) in [5, 5.41) is 13.5. The van der Waals surface area contributed by atoms with Crippen LogP contribution < -0.4 is 5.43 Å². The maximum Gasteiger partial charge on any atom is 0.164 e. The van der Waals surface area contributed by atoms with Crippen LogP contribution in [0, 0.1) is 21.8 Å². The average molecular weight is 406 g/mol. The van der Waals surface area contributed by atoms with Crippen molar-refractivity contribution in [3.63, 3.8) is 0 Å². The van der Waals surface area contributed by atoms with Gasteiger partial charge in [0.2, 0.25) is 0 Å². The SMILES string of the molecule is COCc1cc(C)nc(N/N=C/c2ccc(I)cc2)c1C#N. The minimum Gasteiger partial charge on any atom is -0.380 e. The van der Waals surface area contributed by atoms with Crippen molar-refractivity contribution in [3.8, 4) is 6.07 Å². The summed E-state index contributed by atoms with van der Waals surface area (Å²) in [5.41, 5.74) is 5.86. The van der Waals surface area contributed by atoms with E-state index in [9.17, 15) is 5.26 Å². The van der Waals surface area contributed by atoms with Crippen molar-refractivity contribution in [3.05, 3.63) is 56.3 Å². The van der Waals surface area contributed by atoms with Crippen LogP contribution in [0.2, 0.25) is 0 Å². The predicted molar refractivity (Wildman–Crippen MR) is 94.8 cm³/mol. The van der Waals surface area contributed by atoms with Crippen LogP contribution in [-0.4, -0.2) is 18.3 Å². The number of aryl methyl sites for hydroxylation is 1. The molecule has 112 valence electrons. The maximum atomic E-state index is 9.33. The van der Waals surface area contributed by atoms with Crippen LogP contribution in [0.5, 0.6) is 0 Å². The number of pyridine rings is 1. The Morgan fingerprint density at radius 2 is 2.14 bits per heavy atom. The molecule has 2 rings (SSSR count). The second-order valence-electron chi connectivity index (χ2n) is 4.61. The van der Waals surface area contributed by atoms with E-state index in [1.54, 1.807) is 13.3 Å². The molecule has 0 radical (unpaired) electrons. The van der Waals surface area contributed by atoms with E-state index in [0.29, 0.717) is 18.0 Å². The van der Waals surface area contributed by atoms with Crippen molar-refractivity contribution in [2.45, 2.75) is 13.5 Å². The van der Waals surface area contributed by atoms with Crippen molar-refractivity contribution in [1.82, 2.24) is 4.98 Å². The number of benzene rings is 1. The number of nitriles is 1. The molecular weight excluding hydrogens is 391 g/mol. The third-order valence-corrected chi connectivity index (χ3v) is 3.61. The number of hydrogen-bond acceptors (Lipinski definition) is 5. The van der Waals surface area contributed by atoms with Crippen LogP contribution in [0.4, 0.5) is 5.82 Å². The maximum absolute atomic E-state index is 9.33. The van der Waals surface area contributed by atoms with E-state index in [2.05, 4.69) is 44.2 Å². The summed E-state index contributed by atoms with van der Waals surface area (Å²) in [5.74, 6) is 0.441. The standard InChI is InChI=1S/C16H15IN4O/c1-11-7-13(10-22-2)15(8-18)16(20-11)21-19-9-12-3-5-14(17)6-4-12/h3-7,9H,10H2,1-2H3,(H,20,21)/b19-9+. The molecule has 0 saturated carbocycles. The molecule has 0 aliphatic carbocycles. The van der Waals surface area contributed by atoms with Crippen molar-refractivity contribution in [2.75, 3.05) is 12.5 Å². The molecule has 0 spiro atoms. The molecule has 0 aliphatic heterocycles. The van der Waals surface area contributed by atoms with Crippen molar-refractivity contribution < 1.29 is 4.74 Å². The second-order valence-corrected chi connectivity index (χ2v) is 5.86. The second kappa shape index (κ2) is 7.87. The van der Waals surface area contributed by atoms with Gasteiger partial charge in [-0.2, -0.15) is 10.4 Å². The number of anilines is 1. The van der Waals surface area contributed by atoms with Crippen LogP contribution in [0.15, 0.2) is 35.4 Å². The summed E-state index contributed by atoms with van der Waals surface area (Å²) in [6.45, 7) is 2.23. The number of halogens is 1. The van der Waals surface area contributed by atoms with Crippen LogP contribution in [-0.2, 0) is 11.3 Å². The zero-order valence-corrected chi connectivity index (χ0v) is 14.5. The fraction of sp³-hybridized carbons (Fsp3) is 0.188. The van der Waals surface area contributed by atoms with E-state index < -0.39 is 0 Å². The highest BCUT2D eigenvalue weighted by Crippen LogP contribution is 2.19. The molecule has 1 aromatic carbocycles. The molecule has 1 aromatic heterocycles. The molecule has 6 heteroatoms. The number of nitrogens with one attached hydrogen (secondary N) is 1. The lowest BCUT2D eigenvalue weighted by atomic mass is 10.1. The Morgan fingerprint density at radius 3 is 2.77 bits per heavy atom. The fourth-order valence-electron chi connectivity index (χ4n) is 1.93. The van der Waals surface area contributed by atoms with Gasteiger partial charge in [0.1, 0.15) is 11.6 Å². The summed E-state index contributed by atoms with van der Waals surface area (Å²) in [6, 6.07) is 11.9. The van der Waals surface area contributed by atoms with E-state index in [0.717, 1.165) is 16.8 Å². The third-order valence-electron chi connectivity index (χ3n) is 2.89. The van der Waals surface area contributed by atoms with Crippen molar-refractivity contribution >= 4 is 34.6 Å². The van der Waals surface area contributed by atoms with Gasteiger partial charge in [0.25, 0.3) is 0 Å². The zero-order valence-electron chi connectivity index (χ0n) is 12.3. The van der Waals surface area contributed by atoms with Gasteiger partial charge in [-0.1, -0.05) is 12.1 Å². The van der Waals surface area contributed by atoms with Gasteiger partial charge in [0, 0.05) is 21.9 Å². The number of hydrazone groups is 1. The van der Waals surface area contributed by atoms with Gasteiger partial charge in [0.05, 0.1) is 12.8 Å². The molecule has 5 nitrogen and oxygen atoms in total. The van der Waals surface area contributed by atoms with E-state index in [1.807, 2.05) is 37.3 Å². The first-order valence-electron chi connectivity index (χ1n) is 6.58. The van der Waals surface area contributed by atoms with Crippen LogP contribution >= 0.6 is 22.6 Å². The highest BCUT2D eigenvalue weighted by Gasteiger charge is 2.10. The van der Waals surface area contributed by atoms with Crippen molar-refractivity contribution in [1.29, 1.82) is 5.26 Å². The minimum atomic E-state index is 0.363. The molecule has 0 aliphatic rings. The summed E-state index contributed by atoms with van der Waals surface area (Å²) in [6.07, 6.45) is 1.69. The number of rotatable bonds is 5. The smallest absolute Gasteiger partial charge is 0.164 e. The van der Waals surface area contributed by atoms with Gasteiger partial charge in [-0.05, 0) is 53.3 Å². The molecular formula is C16H15IN4O. The van der Waals surface area contributed by atoms with Crippen molar-refractivity contribution in [2.24, 2.45) is 5.10 Å². The fourth-order valence-corrected chi connectivity index (χ4v) is 2.29. The predicted octanol–water partition coefficient (Wildman–Crippen LogP) is 3.46. The summed E-state index contributed by atoms with van der Waals surface area (Å²) >= 11 is 2.25. The van der Waals surface area contributed by atoms with Gasteiger partial charge >= 0.3 is 0 Å². The Morgan fingerprint density at radius 1 is 1.41 bits per heavy atom. The number of hydrogen-bond donors (Lipinski definition) is 1. The Hall–Kier alpha value is -1.98. The lowest BCUT2D eigenvalue weighted by molar-refractivity contribution is 0.184. The molecule has 0 saturated heterocycles. The lowest BCUT2D eigenvalue weighted by Gasteiger charge is -2.09. The number of nitrogens with zero attached hydrogens (tertiary/aromatic N) is 3. The Kier molecular flexibility index (Phi) is 5.86. The Balaban J connectivity index is 2.22. The quantitative estimate of drug-likeness (QED) is 0.469. The van der Waals surface area contributed by atoms with Crippen LogP contribution in [0.1, 0.15) is 22.4 Å². The van der Waals surface area contributed by atoms with Gasteiger partial charge in [-0.15, -0.1) is 0 Å². The molecule has 0 fully saturated rings. The molecule has 1 heterocycles. The van der Waals surface area contributed by atoms with Gasteiger partial charge < -0.3 is 4.74 Å². The molecule has 0 unspecified atom stereocenters. The van der Waals surface area contributed by atoms with Gasteiger partial charge in [-0.3, -0.25) is 5.43 Å². The minimum absolute atomic E-state index is 0.363. The Bertz CT molecular complexity index is 720. The highest BCUT2D eigenvalue weighted by atomic mass is 127. The number of ether oxygens (including phenoxy) is 1. The molecule has 0 atom stereocenters. The van der Waals surface area contributed by atoms with E-state index in [4.69, 9.17) is 4.74 Å². The largest absolute Gasteiger partial charge is 0.380 e. The molecule has 0 bridgehead atoms. The molecule has 22 heavy (non-hydrogen) atoms. The van der Waals surface area contributed by atoms with Crippen LogP contribution in [0.3, 0.4) is 0 Å². The third kappa shape index (κ3) is 4.26. The van der Waals surface area contributed by atoms with Gasteiger partial charge in [-0.25, -0.2) is 4.98 Å². The summed E-state index contributed by atoms with van der Waals surface area (Å²) < 4.78 is 6.29. The van der Waals surface area contributed by atoms with E-state index in [-0.39, 0.29) is 0 Å². The zero-order chi connectivity index (χ0) is 15.9. The molecule has 2 aromatic rings. The summed E-state index contributed by atoms with van der Waals surface area (Å²) in [4.78, 5) is 4.33. The normalized spacial score (nSPS) is 10.6. The lowest BCUT2D eigenvalue weighted by Crippen LogP contribution is -2.03. The first-order valence-corrected chi connectivity index (χ1v) is 7.66. The van der Waals surface area contributed by atoms with Crippen LogP contribution in [0.25, 0.3) is 0 Å². The molecule has 1 N–H and O–H groups in total. The number of methoxy groups -OCH3 is 1. The first kappa shape index (κ1) is 16.4. The highest BCUT2D eigenvalue weighted by molar-refractivity contribution is 14.1. The van der Waals surface area contributed by atoms with E-state index >= 15 is 0 Å².